The Morgan fingerprint density at radius 2 is 2.21 bits per heavy atom. The van der Waals surface area contributed by atoms with E-state index in [1.54, 1.807) is 18.2 Å². The van der Waals surface area contributed by atoms with Crippen LogP contribution in [0.1, 0.15) is 18.9 Å². The van der Waals surface area contributed by atoms with Crippen LogP contribution in [0.2, 0.25) is 0 Å². The summed E-state index contributed by atoms with van der Waals surface area (Å²) >= 11 is 0. The van der Waals surface area contributed by atoms with E-state index in [1.165, 1.54) is 19.3 Å². The van der Waals surface area contributed by atoms with E-state index < -0.39 is 0 Å². The maximum Gasteiger partial charge on any atom is 0.216 e. The lowest BCUT2D eigenvalue weighted by atomic mass is 10.1. The molecule has 19 heavy (non-hydrogen) atoms. The lowest BCUT2D eigenvalue weighted by Gasteiger charge is -1.96. The standard InChI is InChI=1S/C15H13NO3/c1-11(17)16-8-3-2-4-12-5-6-15-13(10-12)14(18)7-9-19-15/h5-7,9-10H,3,8H2,1H3,(H,16,17). The number of benzene rings is 1. The zero-order chi connectivity index (χ0) is 13.7. The van der Waals surface area contributed by atoms with Crippen LogP contribution in [0, 0.1) is 11.8 Å². The maximum absolute atomic E-state index is 11.6. The molecule has 0 aliphatic carbocycles. The molecule has 0 aliphatic rings. The van der Waals surface area contributed by atoms with E-state index in [0.717, 1.165) is 5.56 Å². The first-order valence-electron chi connectivity index (χ1n) is 5.92. The van der Waals surface area contributed by atoms with E-state index in [9.17, 15) is 9.59 Å². The van der Waals surface area contributed by atoms with Crippen LogP contribution in [-0.4, -0.2) is 12.5 Å². The van der Waals surface area contributed by atoms with Gasteiger partial charge in [-0.2, -0.15) is 0 Å². The van der Waals surface area contributed by atoms with E-state index >= 15 is 0 Å². The predicted octanol–water partition coefficient (Wildman–Crippen LogP) is 1.67. The highest BCUT2D eigenvalue weighted by Gasteiger charge is 1.99. The van der Waals surface area contributed by atoms with Crippen molar-refractivity contribution in [1.82, 2.24) is 5.32 Å². The zero-order valence-corrected chi connectivity index (χ0v) is 10.5. The number of carbonyl (C=O) groups excluding carboxylic acids is 1. The van der Waals surface area contributed by atoms with E-state index in [2.05, 4.69) is 17.2 Å². The Labute approximate surface area is 110 Å². The van der Waals surface area contributed by atoms with Gasteiger partial charge in [0.15, 0.2) is 5.43 Å². The summed E-state index contributed by atoms with van der Waals surface area (Å²) in [5.74, 6) is 5.84. The molecule has 0 fully saturated rings. The summed E-state index contributed by atoms with van der Waals surface area (Å²) in [4.78, 5) is 22.3. The fraction of sp³-hybridized carbons (Fsp3) is 0.200. The number of nitrogens with one attached hydrogen (secondary N) is 1. The second-order valence-corrected chi connectivity index (χ2v) is 4.03. The lowest BCUT2D eigenvalue weighted by Crippen LogP contribution is -2.20. The number of rotatable bonds is 2. The summed E-state index contributed by atoms with van der Waals surface area (Å²) in [6.45, 7) is 1.99. The normalized spacial score (nSPS) is 9.74. The van der Waals surface area contributed by atoms with Crippen LogP contribution in [0.4, 0.5) is 0 Å². The quantitative estimate of drug-likeness (QED) is 0.656. The van der Waals surface area contributed by atoms with Crippen LogP contribution in [0.15, 0.2) is 39.7 Å². The summed E-state index contributed by atoms with van der Waals surface area (Å²) in [7, 11) is 0. The van der Waals surface area contributed by atoms with Gasteiger partial charge in [-0.25, -0.2) is 0 Å². The number of carbonyl (C=O) groups is 1. The Bertz CT molecular complexity index is 719. The van der Waals surface area contributed by atoms with Gasteiger partial charge in [0.1, 0.15) is 5.58 Å². The molecule has 0 saturated heterocycles. The molecule has 1 aromatic carbocycles. The number of hydrogen-bond acceptors (Lipinski definition) is 3. The van der Waals surface area contributed by atoms with E-state index in [4.69, 9.17) is 4.42 Å². The molecule has 1 amide bonds. The van der Waals surface area contributed by atoms with Crippen molar-refractivity contribution < 1.29 is 9.21 Å². The van der Waals surface area contributed by atoms with Crippen LogP contribution in [-0.2, 0) is 4.79 Å². The Kier molecular flexibility index (Phi) is 3.99. The van der Waals surface area contributed by atoms with Gasteiger partial charge in [-0.05, 0) is 18.2 Å². The van der Waals surface area contributed by atoms with Crippen molar-refractivity contribution >= 4 is 16.9 Å². The van der Waals surface area contributed by atoms with Crippen molar-refractivity contribution in [2.75, 3.05) is 6.54 Å². The molecule has 0 radical (unpaired) electrons. The molecule has 1 N–H and O–H groups in total. The number of hydrogen-bond donors (Lipinski definition) is 1. The van der Waals surface area contributed by atoms with Crippen LogP contribution in [0.3, 0.4) is 0 Å². The van der Waals surface area contributed by atoms with Gasteiger partial charge in [-0.15, -0.1) is 0 Å². The fourth-order valence-electron chi connectivity index (χ4n) is 1.63. The van der Waals surface area contributed by atoms with Gasteiger partial charge in [0.2, 0.25) is 5.91 Å². The SMILES string of the molecule is CC(=O)NCCC#Cc1ccc2occc(=O)c2c1. The van der Waals surface area contributed by atoms with Crippen molar-refractivity contribution in [2.45, 2.75) is 13.3 Å². The smallest absolute Gasteiger partial charge is 0.216 e. The average Bonchev–Trinajstić information content (AvgIpc) is 2.39. The first-order chi connectivity index (χ1) is 9.16. The van der Waals surface area contributed by atoms with Crippen molar-refractivity contribution in [2.24, 2.45) is 0 Å². The molecule has 0 unspecified atom stereocenters. The van der Waals surface area contributed by atoms with Gasteiger partial charge >= 0.3 is 0 Å². The summed E-state index contributed by atoms with van der Waals surface area (Å²) in [5.41, 5.74) is 1.23. The van der Waals surface area contributed by atoms with Gasteiger partial charge in [0.25, 0.3) is 0 Å². The highest BCUT2D eigenvalue weighted by molar-refractivity contribution is 5.77. The molecule has 1 heterocycles. The average molecular weight is 255 g/mol. The molecule has 0 bridgehead atoms. The first-order valence-corrected chi connectivity index (χ1v) is 5.92. The van der Waals surface area contributed by atoms with Crippen molar-refractivity contribution in [3.63, 3.8) is 0 Å². The van der Waals surface area contributed by atoms with Crippen LogP contribution in [0.5, 0.6) is 0 Å². The molecule has 96 valence electrons. The third kappa shape index (κ3) is 3.46. The van der Waals surface area contributed by atoms with Gasteiger partial charge in [0.05, 0.1) is 11.6 Å². The third-order valence-corrected chi connectivity index (χ3v) is 2.52. The summed E-state index contributed by atoms with van der Waals surface area (Å²) < 4.78 is 5.22. The van der Waals surface area contributed by atoms with E-state index in [1.807, 2.05) is 0 Å². The largest absolute Gasteiger partial charge is 0.464 e. The molecular formula is C15H13NO3. The third-order valence-electron chi connectivity index (χ3n) is 2.52. The van der Waals surface area contributed by atoms with Gasteiger partial charge < -0.3 is 9.73 Å². The second kappa shape index (κ2) is 5.87. The summed E-state index contributed by atoms with van der Waals surface area (Å²) in [6, 6.07) is 6.63. The van der Waals surface area contributed by atoms with Gasteiger partial charge in [-0.1, -0.05) is 11.8 Å². The monoisotopic (exact) mass is 255 g/mol. The molecule has 2 rings (SSSR count). The number of fused-ring (bicyclic) bond motifs is 1. The molecule has 4 nitrogen and oxygen atoms in total. The molecule has 0 atom stereocenters. The van der Waals surface area contributed by atoms with Gasteiger partial charge in [0, 0.05) is 31.5 Å². The van der Waals surface area contributed by atoms with Crippen LogP contribution in [0.25, 0.3) is 11.0 Å². The Morgan fingerprint density at radius 3 is 3.00 bits per heavy atom. The van der Waals surface area contributed by atoms with Crippen LogP contribution >= 0.6 is 0 Å². The molecule has 0 saturated carbocycles. The van der Waals surface area contributed by atoms with Crippen molar-refractivity contribution in [3.05, 3.63) is 46.3 Å². The van der Waals surface area contributed by atoms with E-state index in [-0.39, 0.29) is 11.3 Å². The highest BCUT2D eigenvalue weighted by atomic mass is 16.3. The summed E-state index contributed by atoms with van der Waals surface area (Å²) in [5, 5.41) is 3.19. The zero-order valence-electron chi connectivity index (χ0n) is 10.5. The Hall–Kier alpha value is -2.54. The molecule has 0 spiro atoms. The molecular weight excluding hydrogens is 242 g/mol. The first kappa shape index (κ1) is 12.9. The minimum atomic E-state index is -0.0804. The van der Waals surface area contributed by atoms with E-state index in [0.29, 0.717) is 23.9 Å². The van der Waals surface area contributed by atoms with Crippen molar-refractivity contribution in [3.8, 4) is 11.8 Å². The molecule has 1 aromatic heterocycles. The second-order valence-electron chi connectivity index (χ2n) is 4.03. The molecule has 2 aromatic rings. The molecule has 0 aliphatic heterocycles. The molecule has 4 heteroatoms. The lowest BCUT2D eigenvalue weighted by molar-refractivity contribution is -0.118. The fourth-order valence-corrected chi connectivity index (χ4v) is 1.63. The minimum absolute atomic E-state index is 0.0647. The number of amides is 1. The Balaban J connectivity index is 2.14. The topological polar surface area (TPSA) is 59.3 Å². The van der Waals surface area contributed by atoms with Crippen molar-refractivity contribution in [1.29, 1.82) is 0 Å². The highest BCUT2D eigenvalue weighted by Crippen LogP contribution is 2.11. The Morgan fingerprint density at radius 1 is 1.37 bits per heavy atom. The van der Waals surface area contributed by atoms with Gasteiger partial charge in [-0.3, -0.25) is 9.59 Å². The maximum atomic E-state index is 11.6. The summed E-state index contributed by atoms with van der Waals surface area (Å²) in [6.07, 6.45) is 1.95. The van der Waals surface area contributed by atoms with Crippen LogP contribution < -0.4 is 10.7 Å². The predicted molar refractivity (Wildman–Crippen MR) is 72.7 cm³/mol. The minimum Gasteiger partial charge on any atom is -0.464 e.